The van der Waals surface area contributed by atoms with E-state index < -0.39 is 5.97 Å². The van der Waals surface area contributed by atoms with Gasteiger partial charge in [0.15, 0.2) is 0 Å². The summed E-state index contributed by atoms with van der Waals surface area (Å²) < 4.78 is 5.26. The lowest BCUT2D eigenvalue weighted by atomic mass is 9.98. The molecule has 0 aliphatic carbocycles. The maximum atomic E-state index is 11.1. The molecule has 1 aromatic carbocycles. The van der Waals surface area contributed by atoms with Gasteiger partial charge in [-0.1, -0.05) is 28.9 Å². The summed E-state index contributed by atoms with van der Waals surface area (Å²) in [6.07, 6.45) is 1.59. The molecule has 1 aliphatic heterocycles. The van der Waals surface area contributed by atoms with Crippen molar-refractivity contribution in [3.63, 3.8) is 0 Å². The van der Waals surface area contributed by atoms with Gasteiger partial charge < -0.3 is 9.63 Å². The summed E-state index contributed by atoms with van der Waals surface area (Å²) in [6.45, 7) is 1.83. The number of aromatic nitrogens is 2. The quantitative estimate of drug-likeness (QED) is 0.932. The number of carboxylic acids is 1. The molecule has 1 N–H and O–H groups in total. The number of carbonyl (C=O) groups is 1. The fourth-order valence-electron chi connectivity index (χ4n) is 2.66. The highest BCUT2D eigenvalue weighted by molar-refractivity contribution is 6.30. The first-order chi connectivity index (χ1) is 10.6. The molecule has 7 heteroatoms. The highest BCUT2D eigenvalue weighted by Crippen LogP contribution is 2.22. The average Bonchev–Trinajstić information content (AvgIpc) is 2.96. The van der Waals surface area contributed by atoms with Crippen molar-refractivity contribution in [2.24, 2.45) is 5.92 Å². The van der Waals surface area contributed by atoms with Gasteiger partial charge in [0.1, 0.15) is 0 Å². The molecule has 3 rings (SSSR count). The summed E-state index contributed by atoms with van der Waals surface area (Å²) in [5.74, 6) is -0.0794. The SMILES string of the molecule is O=C(O)C1CCCN(Cc2nc(-c3cccc(Cl)c3)no2)C1. The molecule has 116 valence electrons. The zero-order valence-corrected chi connectivity index (χ0v) is 12.7. The molecule has 1 atom stereocenters. The van der Waals surface area contributed by atoms with Crippen LogP contribution in [-0.2, 0) is 11.3 Å². The summed E-state index contributed by atoms with van der Waals surface area (Å²) in [5, 5.41) is 13.7. The Balaban J connectivity index is 1.68. The van der Waals surface area contributed by atoms with Crippen LogP contribution in [0.4, 0.5) is 0 Å². The van der Waals surface area contributed by atoms with E-state index in [1.807, 2.05) is 17.0 Å². The molecule has 1 unspecified atom stereocenters. The second kappa shape index (κ2) is 6.46. The van der Waals surface area contributed by atoms with Gasteiger partial charge in [0, 0.05) is 17.1 Å². The molecule has 0 spiro atoms. The first-order valence-corrected chi connectivity index (χ1v) is 7.53. The molecule has 0 amide bonds. The number of aliphatic carboxylic acids is 1. The molecule has 0 bridgehead atoms. The zero-order chi connectivity index (χ0) is 15.5. The molecule has 2 heterocycles. The van der Waals surface area contributed by atoms with Crippen LogP contribution in [0.3, 0.4) is 0 Å². The summed E-state index contributed by atoms with van der Waals surface area (Å²) in [6, 6.07) is 7.25. The van der Waals surface area contributed by atoms with Crippen molar-refractivity contribution in [1.82, 2.24) is 15.0 Å². The van der Waals surface area contributed by atoms with Gasteiger partial charge in [-0.2, -0.15) is 4.98 Å². The summed E-state index contributed by atoms with van der Waals surface area (Å²) in [4.78, 5) is 17.5. The molecule has 1 saturated heterocycles. The van der Waals surface area contributed by atoms with E-state index in [1.165, 1.54) is 0 Å². The second-order valence-corrected chi connectivity index (χ2v) is 5.87. The number of carboxylic acid groups (broad SMARTS) is 1. The Morgan fingerprint density at radius 2 is 2.36 bits per heavy atom. The van der Waals surface area contributed by atoms with Crippen LogP contribution >= 0.6 is 11.6 Å². The first-order valence-electron chi connectivity index (χ1n) is 7.15. The van der Waals surface area contributed by atoms with Crippen molar-refractivity contribution in [2.45, 2.75) is 19.4 Å². The monoisotopic (exact) mass is 321 g/mol. The molecule has 6 nitrogen and oxygen atoms in total. The third-order valence-electron chi connectivity index (χ3n) is 3.76. The van der Waals surface area contributed by atoms with E-state index in [9.17, 15) is 4.79 Å². The molecule has 1 aromatic heterocycles. The van der Waals surface area contributed by atoms with Crippen LogP contribution in [-0.4, -0.2) is 39.2 Å². The summed E-state index contributed by atoms with van der Waals surface area (Å²) in [5.41, 5.74) is 0.796. The van der Waals surface area contributed by atoms with Gasteiger partial charge in [0.2, 0.25) is 11.7 Å². The van der Waals surface area contributed by atoms with Gasteiger partial charge in [0.25, 0.3) is 0 Å². The number of hydrogen-bond acceptors (Lipinski definition) is 5. The number of piperidine rings is 1. The maximum Gasteiger partial charge on any atom is 0.307 e. The van der Waals surface area contributed by atoms with E-state index in [0.717, 1.165) is 24.9 Å². The predicted molar refractivity (Wildman–Crippen MR) is 80.4 cm³/mol. The topological polar surface area (TPSA) is 79.5 Å². The lowest BCUT2D eigenvalue weighted by Gasteiger charge is -2.29. The van der Waals surface area contributed by atoms with Crippen molar-refractivity contribution < 1.29 is 14.4 Å². The van der Waals surface area contributed by atoms with Gasteiger partial charge in [-0.15, -0.1) is 0 Å². The standard InChI is InChI=1S/C15H16ClN3O3/c16-12-5-1-3-10(7-12)14-17-13(22-18-14)9-19-6-2-4-11(8-19)15(20)21/h1,3,5,7,11H,2,4,6,8-9H2,(H,20,21). The lowest BCUT2D eigenvalue weighted by molar-refractivity contribution is -0.143. The van der Waals surface area contributed by atoms with Gasteiger partial charge in [0.05, 0.1) is 12.5 Å². The molecule has 1 aliphatic rings. The third-order valence-corrected chi connectivity index (χ3v) is 4.00. The Hall–Kier alpha value is -1.92. The van der Waals surface area contributed by atoms with Gasteiger partial charge in [-0.05, 0) is 31.5 Å². The Morgan fingerprint density at radius 3 is 3.14 bits per heavy atom. The average molecular weight is 322 g/mol. The molecule has 0 saturated carbocycles. The fraction of sp³-hybridized carbons (Fsp3) is 0.400. The molecule has 2 aromatic rings. The predicted octanol–water partition coefficient (Wildman–Crippen LogP) is 2.69. The molecule has 22 heavy (non-hydrogen) atoms. The highest BCUT2D eigenvalue weighted by atomic mass is 35.5. The number of rotatable bonds is 4. The van der Waals surface area contributed by atoms with Gasteiger partial charge in [-0.25, -0.2) is 0 Å². The molecular formula is C15H16ClN3O3. The van der Waals surface area contributed by atoms with Crippen molar-refractivity contribution in [1.29, 1.82) is 0 Å². The number of nitrogens with zero attached hydrogens (tertiary/aromatic N) is 3. The van der Waals surface area contributed by atoms with Crippen LogP contribution < -0.4 is 0 Å². The summed E-state index contributed by atoms with van der Waals surface area (Å²) in [7, 11) is 0. The van der Waals surface area contributed by atoms with Crippen molar-refractivity contribution in [3.8, 4) is 11.4 Å². The minimum Gasteiger partial charge on any atom is -0.481 e. The second-order valence-electron chi connectivity index (χ2n) is 5.43. The van der Waals surface area contributed by atoms with Crippen LogP contribution in [0.5, 0.6) is 0 Å². The van der Waals surface area contributed by atoms with E-state index in [0.29, 0.717) is 29.8 Å². The largest absolute Gasteiger partial charge is 0.481 e. The Bertz CT molecular complexity index is 674. The van der Waals surface area contributed by atoms with Crippen molar-refractivity contribution >= 4 is 17.6 Å². The van der Waals surface area contributed by atoms with E-state index >= 15 is 0 Å². The zero-order valence-electron chi connectivity index (χ0n) is 11.9. The maximum absolute atomic E-state index is 11.1. The third kappa shape index (κ3) is 3.45. The molecular weight excluding hydrogens is 306 g/mol. The Kier molecular flexibility index (Phi) is 4.40. The van der Waals surface area contributed by atoms with Crippen molar-refractivity contribution in [3.05, 3.63) is 35.2 Å². The van der Waals surface area contributed by atoms with Crippen LogP contribution in [0, 0.1) is 5.92 Å². The van der Waals surface area contributed by atoms with Crippen LogP contribution in [0.25, 0.3) is 11.4 Å². The van der Waals surface area contributed by atoms with E-state index in [4.69, 9.17) is 21.2 Å². The number of hydrogen-bond donors (Lipinski definition) is 1. The first kappa shape index (κ1) is 15.0. The van der Waals surface area contributed by atoms with E-state index in [-0.39, 0.29) is 5.92 Å². The highest BCUT2D eigenvalue weighted by Gasteiger charge is 2.26. The molecule has 0 radical (unpaired) electrons. The van der Waals surface area contributed by atoms with E-state index in [1.54, 1.807) is 12.1 Å². The summed E-state index contributed by atoms with van der Waals surface area (Å²) >= 11 is 5.95. The number of halogens is 1. The minimum absolute atomic E-state index is 0.316. The Labute approximate surface area is 132 Å². The number of likely N-dealkylation sites (tertiary alicyclic amines) is 1. The normalized spacial score (nSPS) is 19.2. The van der Waals surface area contributed by atoms with Crippen LogP contribution in [0.15, 0.2) is 28.8 Å². The molecule has 1 fully saturated rings. The van der Waals surface area contributed by atoms with Crippen molar-refractivity contribution in [2.75, 3.05) is 13.1 Å². The van der Waals surface area contributed by atoms with Gasteiger partial charge in [-0.3, -0.25) is 9.69 Å². The fourth-order valence-corrected chi connectivity index (χ4v) is 2.85. The van der Waals surface area contributed by atoms with Crippen LogP contribution in [0.2, 0.25) is 5.02 Å². The smallest absolute Gasteiger partial charge is 0.307 e. The minimum atomic E-state index is -0.741. The number of benzene rings is 1. The van der Waals surface area contributed by atoms with E-state index in [2.05, 4.69) is 10.1 Å². The van der Waals surface area contributed by atoms with Crippen LogP contribution in [0.1, 0.15) is 18.7 Å². The lowest BCUT2D eigenvalue weighted by Crippen LogP contribution is -2.38. The Morgan fingerprint density at radius 1 is 1.50 bits per heavy atom. The van der Waals surface area contributed by atoms with Gasteiger partial charge >= 0.3 is 5.97 Å².